The summed E-state index contributed by atoms with van der Waals surface area (Å²) in [5, 5.41) is 11.9. The minimum absolute atomic E-state index is 0.418. The van der Waals surface area contributed by atoms with Crippen molar-refractivity contribution in [2.45, 2.75) is 6.92 Å². The third-order valence-electron chi connectivity index (χ3n) is 2.42. The summed E-state index contributed by atoms with van der Waals surface area (Å²) in [6.07, 6.45) is 1.65. The molecule has 0 aliphatic carbocycles. The maximum absolute atomic E-state index is 8.66. The Morgan fingerprint density at radius 2 is 2.12 bits per heavy atom. The van der Waals surface area contributed by atoms with E-state index in [1.807, 2.05) is 37.3 Å². The molecule has 1 heterocycles. The molecule has 0 unspecified atom stereocenters. The van der Waals surface area contributed by atoms with E-state index in [2.05, 4.69) is 26.2 Å². The van der Waals surface area contributed by atoms with Gasteiger partial charge in [0.05, 0.1) is 11.9 Å². The molecule has 0 radical (unpaired) electrons. The summed E-state index contributed by atoms with van der Waals surface area (Å²) in [5.41, 5.74) is 3.44. The van der Waals surface area contributed by atoms with Crippen molar-refractivity contribution in [3.63, 3.8) is 0 Å². The van der Waals surface area contributed by atoms with Gasteiger partial charge < -0.3 is 5.32 Å². The maximum atomic E-state index is 8.66. The van der Waals surface area contributed by atoms with Crippen LogP contribution in [0.1, 0.15) is 11.3 Å². The predicted molar refractivity (Wildman–Crippen MR) is 71.1 cm³/mol. The van der Waals surface area contributed by atoms with Crippen molar-refractivity contribution >= 4 is 27.3 Å². The van der Waals surface area contributed by atoms with Crippen LogP contribution in [0, 0.1) is 18.3 Å². The fourth-order valence-corrected chi connectivity index (χ4v) is 1.80. The first-order valence-corrected chi connectivity index (χ1v) is 5.88. The summed E-state index contributed by atoms with van der Waals surface area (Å²) in [6, 6.07) is 11.5. The van der Waals surface area contributed by atoms with E-state index in [0.717, 1.165) is 21.4 Å². The van der Waals surface area contributed by atoms with Gasteiger partial charge in [-0.15, -0.1) is 0 Å². The first kappa shape index (κ1) is 11.6. The Labute approximate surface area is 108 Å². The third kappa shape index (κ3) is 2.63. The summed E-state index contributed by atoms with van der Waals surface area (Å²) in [7, 11) is 0. The second-order valence-electron chi connectivity index (χ2n) is 3.58. The lowest BCUT2D eigenvalue weighted by molar-refractivity contribution is 1.26. The summed E-state index contributed by atoms with van der Waals surface area (Å²) < 4.78 is 1.06. The van der Waals surface area contributed by atoms with E-state index in [-0.39, 0.29) is 0 Å². The number of aromatic nitrogens is 1. The number of nitriles is 1. The molecule has 0 saturated carbocycles. The maximum Gasteiger partial charge on any atom is 0.140 e. The lowest BCUT2D eigenvalue weighted by atomic mass is 10.2. The van der Waals surface area contributed by atoms with Crippen molar-refractivity contribution in [1.82, 2.24) is 4.98 Å². The highest BCUT2D eigenvalue weighted by Gasteiger charge is 2.02. The average Bonchev–Trinajstić information content (AvgIpc) is 2.36. The van der Waals surface area contributed by atoms with Crippen LogP contribution < -0.4 is 5.32 Å². The van der Waals surface area contributed by atoms with Crippen molar-refractivity contribution in [2.75, 3.05) is 5.32 Å². The van der Waals surface area contributed by atoms with E-state index in [9.17, 15) is 0 Å². The number of nitrogens with one attached hydrogen (secondary N) is 1. The molecule has 0 aliphatic rings. The van der Waals surface area contributed by atoms with Crippen LogP contribution in [0.2, 0.25) is 0 Å². The second-order valence-corrected chi connectivity index (χ2v) is 4.44. The van der Waals surface area contributed by atoms with Gasteiger partial charge in [-0.2, -0.15) is 5.26 Å². The van der Waals surface area contributed by atoms with E-state index in [4.69, 9.17) is 5.26 Å². The van der Waals surface area contributed by atoms with Crippen molar-refractivity contribution in [3.05, 3.63) is 52.3 Å². The van der Waals surface area contributed by atoms with Crippen molar-refractivity contribution in [1.29, 1.82) is 5.26 Å². The van der Waals surface area contributed by atoms with Gasteiger partial charge in [-0.3, -0.25) is 0 Å². The zero-order valence-corrected chi connectivity index (χ0v) is 10.8. The summed E-state index contributed by atoms with van der Waals surface area (Å²) in [4.78, 5) is 4.01. The smallest absolute Gasteiger partial charge is 0.140 e. The Bertz CT molecular complexity index is 570. The van der Waals surface area contributed by atoms with Crippen LogP contribution in [0.3, 0.4) is 0 Å². The topological polar surface area (TPSA) is 48.7 Å². The van der Waals surface area contributed by atoms with Crippen LogP contribution in [0.4, 0.5) is 11.4 Å². The first-order valence-electron chi connectivity index (χ1n) is 5.09. The molecule has 1 aromatic heterocycles. The molecule has 0 spiro atoms. The average molecular weight is 288 g/mol. The molecule has 2 rings (SSSR count). The molecule has 0 amide bonds. The van der Waals surface area contributed by atoms with Gasteiger partial charge in [0.1, 0.15) is 11.8 Å². The molecule has 2 aromatic rings. The van der Waals surface area contributed by atoms with E-state index in [1.54, 1.807) is 12.3 Å². The van der Waals surface area contributed by atoms with Crippen LogP contribution in [0.25, 0.3) is 0 Å². The molecule has 0 aliphatic heterocycles. The summed E-state index contributed by atoms with van der Waals surface area (Å²) in [5.74, 6) is 0. The lowest BCUT2D eigenvalue weighted by Crippen LogP contribution is -1.94. The highest BCUT2D eigenvalue weighted by atomic mass is 79.9. The molecular weight excluding hydrogens is 278 g/mol. The van der Waals surface area contributed by atoms with Gasteiger partial charge in [0.2, 0.25) is 0 Å². The van der Waals surface area contributed by atoms with Crippen molar-refractivity contribution < 1.29 is 0 Å². The van der Waals surface area contributed by atoms with Gasteiger partial charge in [0, 0.05) is 10.2 Å². The molecule has 0 bridgehead atoms. The Kier molecular flexibility index (Phi) is 3.40. The molecule has 84 valence electrons. The van der Waals surface area contributed by atoms with Gasteiger partial charge in [0.15, 0.2) is 0 Å². The van der Waals surface area contributed by atoms with Gasteiger partial charge in [-0.25, -0.2) is 4.98 Å². The van der Waals surface area contributed by atoms with Gasteiger partial charge in [-0.1, -0.05) is 22.0 Å². The van der Waals surface area contributed by atoms with Crippen molar-refractivity contribution in [2.24, 2.45) is 0 Å². The minimum atomic E-state index is 0.418. The van der Waals surface area contributed by atoms with Crippen LogP contribution in [0.5, 0.6) is 0 Å². The fourth-order valence-electron chi connectivity index (χ4n) is 1.43. The number of benzene rings is 1. The number of halogens is 1. The Hall–Kier alpha value is -1.86. The Morgan fingerprint density at radius 3 is 2.76 bits per heavy atom. The van der Waals surface area contributed by atoms with Gasteiger partial charge in [0.25, 0.3) is 0 Å². The zero-order valence-electron chi connectivity index (χ0n) is 9.24. The van der Waals surface area contributed by atoms with Crippen LogP contribution >= 0.6 is 15.9 Å². The van der Waals surface area contributed by atoms with E-state index < -0.39 is 0 Å². The molecule has 3 nitrogen and oxygen atoms in total. The van der Waals surface area contributed by atoms with Crippen molar-refractivity contribution in [3.8, 4) is 6.07 Å². The SMILES string of the molecule is Cc1c(Br)cccc1Nc1ccc(C#N)nc1. The Morgan fingerprint density at radius 1 is 1.29 bits per heavy atom. The standard InChI is InChI=1S/C13H10BrN3/c1-9-12(14)3-2-4-13(9)17-11-6-5-10(7-15)16-8-11/h2-6,8,17H,1H3. The molecular formula is C13H10BrN3. The molecule has 0 fully saturated rings. The highest BCUT2D eigenvalue weighted by molar-refractivity contribution is 9.10. The highest BCUT2D eigenvalue weighted by Crippen LogP contribution is 2.26. The quantitative estimate of drug-likeness (QED) is 0.915. The van der Waals surface area contributed by atoms with E-state index in [1.165, 1.54) is 0 Å². The lowest BCUT2D eigenvalue weighted by Gasteiger charge is -2.10. The molecule has 0 atom stereocenters. The second kappa shape index (κ2) is 4.98. The van der Waals surface area contributed by atoms with Gasteiger partial charge in [-0.05, 0) is 36.8 Å². The van der Waals surface area contributed by atoms with Crippen LogP contribution in [-0.2, 0) is 0 Å². The molecule has 0 saturated heterocycles. The fraction of sp³-hybridized carbons (Fsp3) is 0.0769. The number of pyridine rings is 1. The number of anilines is 2. The van der Waals surface area contributed by atoms with Gasteiger partial charge >= 0.3 is 0 Å². The normalized spacial score (nSPS) is 9.71. The minimum Gasteiger partial charge on any atom is -0.354 e. The monoisotopic (exact) mass is 287 g/mol. The zero-order chi connectivity index (χ0) is 12.3. The largest absolute Gasteiger partial charge is 0.354 e. The molecule has 1 N–H and O–H groups in total. The Balaban J connectivity index is 2.26. The van der Waals surface area contributed by atoms with E-state index in [0.29, 0.717) is 5.69 Å². The summed E-state index contributed by atoms with van der Waals surface area (Å²) >= 11 is 3.48. The molecule has 1 aromatic carbocycles. The van der Waals surface area contributed by atoms with Crippen LogP contribution in [-0.4, -0.2) is 4.98 Å². The van der Waals surface area contributed by atoms with Crippen LogP contribution in [0.15, 0.2) is 41.0 Å². The van der Waals surface area contributed by atoms with E-state index >= 15 is 0 Å². The third-order valence-corrected chi connectivity index (χ3v) is 3.28. The number of nitrogens with zero attached hydrogens (tertiary/aromatic N) is 2. The predicted octanol–water partition coefficient (Wildman–Crippen LogP) is 3.77. The first-order chi connectivity index (χ1) is 8.20. The summed E-state index contributed by atoms with van der Waals surface area (Å²) in [6.45, 7) is 2.03. The number of rotatable bonds is 2. The molecule has 4 heteroatoms. The number of hydrogen-bond acceptors (Lipinski definition) is 3. The number of hydrogen-bond donors (Lipinski definition) is 1. The molecule has 17 heavy (non-hydrogen) atoms.